The van der Waals surface area contributed by atoms with Crippen molar-refractivity contribution in [3.05, 3.63) is 29.3 Å². The summed E-state index contributed by atoms with van der Waals surface area (Å²) in [6, 6.07) is 7.26. The van der Waals surface area contributed by atoms with Gasteiger partial charge in [-0.1, -0.05) is 40.9 Å². The van der Waals surface area contributed by atoms with Crippen molar-refractivity contribution in [2.24, 2.45) is 0 Å². The van der Waals surface area contributed by atoms with E-state index in [2.05, 4.69) is 0 Å². The smallest absolute Gasteiger partial charge is 0.383 e. The first-order valence-corrected chi connectivity index (χ1v) is 6.89. The van der Waals surface area contributed by atoms with Crippen LogP contribution in [0.4, 0.5) is 0 Å². The molecule has 1 aromatic carbocycles. The van der Waals surface area contributed by atoms with E-state index in [0.717, 1.165) is 5.19 Å². The van der Waals surface area contributed by atoms with Crippen LogP contribution in [0.25, 0.3) is 0 Å². The summed E-state index contributed by atoms with van der Waals surface area (Å²) in [5.41, 5.74) is 0. The summed E-state index contributed by atoms with van der Waals surface area (Å²) in [5.74, 6) is 0. The summed E-state index contributed by atoms with van der Waals surface area (Å²) in [5, 5.41) is 1.32. The lowest BCUT2D eigenvalue weighted by Crippen LogP contribution is -2.47. The number of halogens is 2. The molecular formula is C8H10Cl2O2Si. The third-order valence-corrected chi connectivity index (χ3v) is 5.87. The SMILES string of the molecule is CO[Si](Cl)(OC)c1ccccc1Cl. The van der Waals surface area contributed by atoms with Crippen LogP contribution in [-0.4, -0.2) is 22.1 Å². The summed E-state index contributed by atoms with van der Waals surface area (Å²) in [7, 11) is 0.262. The van der Waals surface area contributed by atoms with E-state index in [4.69, 9.17) is 31.5 Å². The fourth-order valence-corrected chi connectivity index (χ4v) is 3.43. The molecule has 5 heteroatoms. The van der Waals surface area contributed by atoms with E-state index in [1.807, 2.05) is 18.2 Å². The highest BCUT2D eigenvalue weighted by Crippen LogP contribution is 2.16. The fraction of sp³-hybridized carbons (Fsp3) is 0.250. The van der Waals surface area contributed by atoms with E-state index < -0.39 is 7.87 Å². The molecule has 2 nitrogen and oxygen atoms in total. The Balaban J connectivity index is 3.12. The van der Waals surface area contributed by atoms with Crippen LogP contribution in [0.3, 0.4) is 0 Å². The van der Waals surface area contributed by atoms with Gasteiger partial charge >= 0.3 is 7.87 Å². The Kier molecular flexibility index (Phi) is 3.76. The van der Waals surface area contributed by atoms with Crippen molar-refractivity contribution in [1.29, 1.82) is 0 Å². The van der Waals surface area contributed by atoms with Crippen molar-refractivity contribution in [2.75, 3.05) is 14.2 Å². The number of hydrogen-bond donors (Lipinski definition) is 0. The number of hydrogen-bond acceptors (Lipinski definition) is 2. The molecule has 0 bridgehead atoms. The van der Waals surface area contributed by atoms with Crippen molar-refractivity contribution < 1.29 is 8.85 Å². The van der Waals surface area contributed by atoms with Gasteiger partial charge in [-0.2, -0.15) is 0 Å². The summed E-state index contributed by atoms with van der Waals surface area (Å²) >= 11 is 12.1. The molecule has 13 heavy (non-hydrogen) atoms. The highest BCUT2D eigenvalue weighted by molar-refractivity contribution is 7.20. The molecule has 0 radical (unpaired) electrons. The van der Waals surface area contributed by atoms with E-state index in [9.17, 15) is 0 Å². The fourth-order valence-electron chi connectivity index (χ4n) is 1.01. The van der Waals surface area contributed by atoms with Crippen LogP contribution in [0, 0.1) is 0 Å². The molecule has 0 saturated carbocycles. The minimum atomic E-state index is -2.78. The maximum atomic E-state index is 6.15. The largest absolute Gasteiger partial charge is 0.479 e. The van der Waals surface area contributed by atoms with Gasteiger partial charge in [-0.15, -0.1) is 0 Å². The Bertz CT molecular complexity index is 289. The van der Waals surface area contributed by atoms with Gasteiger partial charge in [0.25, 0.3) is 0 Å². The van der Waals surface area contributed by atoms with Gasteiger partial charge in [0.05, 0.1) is 0 Å². The molecule has 0 saturated heterocycles. The first-order valence-electron chi connectivity index (χ1n) is 3.68. The average molecular weight is 237 g/mol. The Labute approximate surface area is 88.3 Å². The van der Waals surface area contributed by atoms with Gasteiger partial charge in [0, 0.05) is 24.4 Å². The van der Waals surface area contributed by atoms with Crippen molar-refractivity contribution in [1.82, 2.24) is 0 Å². The molecule has 1 rings (SSSR count). The van der Waals surface area contributed by atoms with Gasteiger partial charge < -0.3 is 8.85 Å². The van der Waals surface area contributed by atoms with E-state index in [0.29, 0.717) is 5.02 Å². The number of benzene rings is 1. The summed E-state index contributed by atoms with van der Waals surface area (Å²) in [6.45, 7) is 0. The first-order chi connectivity index (χ1) is 6.14. The van der Waals surface area contributed by atoms with E-state index in [-0.39, 0.29) is 0 Å². The van der Waals surface area contributed by atoms with Crippen LogP contribution >= 0.6 is 22.7 Å². The van der Waals surface area contributed by atoms with Crippen LogP contribution in [0.5, 0.6) is 0 Å². The second-order valence-corrected chi connectivity index (χ2v) is 6.75. The molecule has 0 unspecified atom stereocenters. The molecule has 0 N–H and O–H groups in total. The lowest BCUT2D eigenvalue weighted by atomic mass is 10.4. The zero-order valence-corrected chi connectivity index (χ0v) is 9.89. The first kappa shape index (κ1) is 11.0. The van der Waals surface area contributed by atoms with Gasteiger partial charge in [0.1, 0.15) is 0 Å². The minimum Gasteiger partial charge on any atom is -0.383 e. The second kappa shape index (κ2) is 4.44. The molecular weight excluding hydrogens is 227 g/mol. The molecule has 1 aromatic rings. The third kappa shape index (κ3) is 2.24. The van der Waals surface area contributed by atoms with Crippen LogP contribution in [-0.2, 0) is 8.85 Å². The van der Waals surface area contributed by atoms with E-state index >= 15 is 0 Å². The second-order valence-electron chi connectivity index (χ2n) is 2.42. The molecule has 0 aliphatic rings. The molecule has 0 amide bonds. The monoisotopic (exact) mass is 236 g/mol. The molecule has 0 aromatic heterocycles. The normalized spacial score (nSPS) is 11.7. The van der Waals surface area contributed by atoms with Crippen LogP contribution in [0.2, 0.25) is 5.02 Å². The molecule has 0 fully saturated rings. The minimum absolute atomic E-state index is 0.577. The van der Waals surface area contributed by atoms with Gasteiger partial charge in [-0.25, -0.2) is 0 Å². The maximum Gasteiger partial charge on any atom is 0.479 e. The summed E-state index contributed by atoms with van der Waals surface area (Å²) < 4.78 is 10.3. The molecule has 0 aliphatic carbocycles. The van der Waals surface area contributed by atoms with E-state index in [1.54, 1.807) is 6.07 Å². The highest BCUT2D eigenvalue weighted by atomic mass is 35.6. The lowest BCUT2D eigenvalue weighted by Gasteiger charge is -2.20. The molecule has 72 valence electrons. The quantitative estimate of drug-likeness (QED) is 0.591. The van der Waals surface area contributed by atoms with Gasteiger partial charge in [-0.05, 0) is 6.07 Å². The Morgan fingerprint density at radius 2 is 1.69 bits per heavy atom. The van der Waals surface area contributed by atoms with Crippen molar-refractivity contribution in [3.8, 4) is 0 Å². The van der Waals surface area contributed by atoms with Crippen LogP contribution < -0.4 is 5.19 Å². The summed E-state index contributed by atoms with van der Waals surface area (Å²) in [6.07, 6.45) is 0. The van der Waals surface area contributed by atoms with E-state index in [1.165, 1.54) is 14.2 Å². The zero-order valence-electron chi connectivity index (χ0n) is 7.38. The number of rotatable bonds is 3. The third-order valence-electron chi connectivity index (χ3n) is 1.72. The summed E-state index contributed by atoms with van der Waals surface area (Å²) in [4.78, 5) is 0. The lowest BCUT2D eigenvalue weighted by molar-refractivity contribution is 0.281. The predicted octanol–water partition coefficient (Wildman–Crippen LogP) is 2.02. The molecule has 0 atom stereocenters. The van der Waals surface area contributed by atoms with Crippen molar-refractivity contribution in [3.63, 3.8) is 0 Å². The predicted molar refractivity (Wildman–Crippen MR) is 56.7 cm³/mol. The highest BCUT2D eigenvalue weighted by Gasteiger charge is 2.38. The molecule has 0 heterocycles. The Hall–Kier alpha value is -0.0631. The topological polar surface area (TPSA) is 18.5 Å². The average Bonchev–Trinajstić information content (AvgIpc) is 2.17. The maximum absolute atomic E-state index is 6.15. The molecule has 0 spiro atoms. The zero-order chi connectivity index (χ0) is 9.90. The standard InChI is InChI=1S/C8H10Cl2O2Si/c1-11-13(10,12-2)8-6-4-3-5-7(8)9/h3-6H,1-2H3. The van der Waals surface area contributed by atoms with Crippen LogP contribution in [0.1, 0.15) is 0 Å². The van der Waals surface area contributed by atoms with Crippen molar-refractivity contribution in [2.45, 2.75) is 0 Å². The van der Waals surface area contributed by atoms with Gasteiger partial charge in [0.15, 0.2) is 0 Å². The van der Waals surface area contributed by atoms with Crippen LogP contribution in [0.15, 0.2) is 24.3 Å². The van der Waals surface area contributed by atoms with Crippen molar-refractivity contribution >= 4 is 35.7 Å². The Morgan fingerprint density at radius 3 is 2.15 bits per heavy atom. The van der Waals surface area contributed by atoms with Gasteiger partial charge in [0.2, 0.25) is 0 Å². The Morgan fingerprint density at radius 1 is 1.15 bits per heavy atom. The van der Waals surface area contributed by atoms with Gasteiger partial charge in [-0.3, -0.25) is 0 Å². The molecule has 0 aliphatic heterocycles.